The van der Waals surface area contributed by atoms with Gasteiger partial charge in [-0.2, -0.15) is 0 Å². The third-order valence-electron chi connectivity index (χ3n) is 4.57. The Kier molecular flexibility index (Phi) is 4.64. The van der Waals surface area contributed by atoms with Crippen LogP contribution in [0.3, 0.4) is 0 Å². The Hall–Kier alpha value is -1.59. The standard InChI is InChI=1S/C17H24N2O3/c1-18-9-10-22-16(12-18)17(20)19-7-5-13-3-4-15(21-2)11-14(13)6-8-19/h3-4,11,16H,5-10,12H2,1-2H3/t16-/m1/s1. The average Bonchev–Trinajstić information content (AvgIpc) is 2.76. The molecule has 2 aliphatic rings. The van der Waals surface area contributed by atoms with Crippen LogP contribution < -0.4 is 4.74 Å². The topological polar surface area (TPSA) is 42.0 Å². The fourth-order valence-electron chi connectivity index (χ4n) is 3.18. The smallest absolute Gasteiger partial charge is 0.253 e. The predicted octanol–water partition coefficient (Wildman–Crippen LogP) is 0.953. The molecule has 2 aliphatic heterocycles. The highest BCUT2D eigenvalue weighted by atomic mass is 16.5. The highest BCUT2D eigenvalue weighted by Gasteiger charge is 2.29. The van der Waals surface area contributed by atoms with Crippen molar-refractivity contribution < 1.29 is 14.3 Å². The van der Waals surface area contributed by atoms with E-state index in [1.54, 1.807) is 7.11 Å². The van der Waals surface area contributed by atoms with Crippen LogP contribution in [-0.2, 0) is 22.4 Å². The average molecular weight is 304 g/mol. The van der Waals surface area contributed by atoms with Crippen LogP contribution in [0.25, 0.3) is 0 Å². The van der Waals surface area contributed by atoms with E-state index in [-0.39, 0.29) is 12.0 Å². The SMILES string of the molecule is COc1ccc2c(c1)CCN(C(=O)[C@H]1CN(C)CCO1)CC2. The molecule has 5 nitrogen and oxygen atoms in total. The molecule has 22 heavy (non-hydrogen) atoms. The summed E-state index contributed by atoms with van der Waals surface area (Å²) < 4.78 is 11.0. The van der Waals surface area contributed by atoms with Gasteiger partial charge in [-0.25, -0.2) is 0 Å². The number of morpholine rings is 1. The molecule has 1 fully saturated rings. The number of carbonyl (C=O) groups excluding carboxylic acids is 1. The van der Waals surface area contributed by atoms with Crippen molar-refractivity contribution in [2.24, 2.45) is 0 Å². The molecule has 5 heteroatoms. The summed E-state index contributed by atoms with van der Waals surface area (Å²) in [6.07, 6.45) is 1.46. The number of fused-ring (bicyclic) bond motifs is 1. The molecule has 0 aromatic heterocycles. The van der Waals surface area contributed by atoms with Crippen molar-refractivity contribution in [3.63, 3.8) is 0 Å². The van der Waals surface area contributed by atoms with Gasteiger partial charge in [-0.15, -0.1) is 0 Å². The van der Waals surface area contributed by atoms with E-state index >= 15 is 0 Å². The summed E-state index contributed by atoms with van der Waals surface area (Å²) >= 11 is 0. The van der Waals surface area contributed by atoms with Gasteiger partial charge in [0.05, 0.1) is 13.7 Å². The first-order chi connectivity index (χ1) is 10.7. The lowest BCUT2D eigenvalue weighted by Gasteiger charge is -2.32. The number of methoxy groups -OCH3 is 1. The molecule has 0 bridgehead atoms. The van der Waals surface area contributed by atoms with E-state index in [2.05, 4.69) is 17.0 Å². The zero-order chi connectivity index (χ0) is 15.5. The highest BCUT2D eigenvalue weighted by Crippen LogP contribution is 2.22. The van der Waals surface area contributed by atoms with Gasteiger partial charge in [0.2, 0.25) is 0 Å². The fraction of sp³-hybridized carbons (Fsp3) is 0.588. The summed E-state index contributed by atoms with van der Waals surface area (Å²) in [4.78, 5) is 16.8. The largest absolute Gasteiger partial charge is 0.497 e. The van der Waals surface area contributed by atoms with Crippen molar-refractivity contribution in [3.05, 3.63) is 29.3 Å². The Morgan fingerprint density at radius 3 is 2.73 bits per heavy atom. The summed E-state index contributed by atoms with van der Waals surface area (Å²) in [7, 11) is 3.72. The summed E-state index contributed by atoms with van der Waals surface area (Å²) in [5.41, 5.74) is 2.61. The number of rotatable bonds is 2. The molecular formula is C17H24N2O3. The monoisotopic (exact) mass is 304 g/mol. The number of amides is 1. The number of hydrogen-bond donors (Lipinski definition) is 0. The molecule has 0 unspecified atom stereocenters. The molecule has 0 spiro atoms. The van der Waals surface area contributed by atoms with E-state index in [4.69, 9.17) is 9.47 Å². The molecule has 120 valence electrons. The van der Waals surface area contributed by atoms with Crippen molar-refractivity contribution in [3.8, 4) is 5.75 Å². The second-order valence-electron chi connectivity index (χ2n) is 6.08. The number of carbonyl (C=O) groups is 1. The van der Waals surface area contributed by atoms with Crippen LogP contribution in [0.5, 0.6) is 5.75 Å². The zero-order valence-corrected chi connectivity index (χ0v) is 13.4. The molecular weight excluding hydrogens is 280 g/mol. The summed E-state index contributed by atoms with van der Waals surface area (Å²) in [5, 5.41) is 0. The van der Waals surface area contributed by atoms with Crippen LogP contribution in [0, 0.1) is 0 Å². The Bertz CT molecular complexity index is 547. The third-order valence-corrected chi connectivity index (χ3v) is 4.57. The first-order valence-corrected chi connectivity index (χ1v) is 7.92. The van der Waals surface area contributed by atoms with Crippen molar-refractivity contribution in [2.75, 3.05) is 46.9 Å². The van der Waals surface area contributed by atoms with Crippen molar-refractivity contribution in [1.82, 2.24) is 9.80 Å². The molecule has 0 saturated carbocycles. The third kappa shape index (κ3) is 3.25. The Morgan fingerprint density at radius 1 is 1.23 bits per heavy atom. The van der Waals surface area contributed by atoms with Gasteiger partial charge in [0.1, 0.15) is 11.9 Å². The van der Waals surface area contributed by atoms with E-state index in [0.29, 0.717) is 13.2 Å². The maximum atomic E-state index is 12.7. The minimum absolute atomic E-state index is 0.131. The van der Waals surface area contributed by atoms with Gasteiger partial charge < -0.3 is 19.3 Å². The van der Waals surface area contributed by atoms with E-state index in [0.717, 1.165) is 38.2 Å². The predicted molar refractivity (Wildman–Crippen MR) is 84.2 cm³/mol. The number of benzene rings is 1. The van der Waals surface area contributed by atoms with E-state index in [1.165, 1.54) is 11.1 Å². The van der Waals surface area contributed by atoms with E-state index < -0.39 is 0 Å². The van der Waals surface area contributed by atoms with Crippen LogP contribution >= 0.6 is 0 Å². The van der Waals surface area contributed by atoms with E-state index in [9.17, 15) is 4.79 Å². The summed E-state index contributed by atoms with van der Waals surface area (Å²) in [5.74, 6) is 1.02. The second-order valence-corrected chi connectivity index (χ2v) is 6.08. The fourth-order valence-corrected chi connectivity index (χ4v) is 3.18. The number of likely N-dealkylation sites (N-methyl/N-ethyl adjacent to an activating group) is 1. The minimum Gasteiger partial charge on any atom is -0.497 e. The van der Waals surface area contributed by atoms with Gasteiger partial charge in [0.15, 0.2) is 0 Å². The minimum atomic E-state index is -0.311. The molecule has 1 atom stereocenters. The molecule has 3 rings (SSSR count). The lowest BCUT2D eigenvalue weighted by atomic mass is 10.0. The summed E-state index contributed by atoms with van der Waals surface area (Å²) in [6, 6.07) is 6.21. The van der Waals surface area contributed by atoms with Crippen LogP contribution in [-0.4, -0.2) is 68.8 Å². The zero-order valence-electron chi connectivity index (χ0n) is 13.4. The number of nitrogens with zero attached hydrogens (tertiary/aromatic N) is 2. The first kappa shape index (κ1) is 15.3. The summed E-state index contributed by atoms with van der Waals surface area (Å²) in [6.45, 7) is 3.74. The highest BCUT2D eigenvalue weighted by molar-refractivity contribution is 5.81. The quantitative estimate of drug-likeness (QED) is 0.816. The van der Waals surface area contributed by atoms with Gasteiger partial charge in [0.25, 0.3) is 5.91 Å². The molecule has 0 aliphatic carbocycles. The van der Waals surface area contributed by atoms with Gasteiger partial charge in [-0.1, -0.05) is 6.07 Å². The van der Waals surface area contributed by atoms with Crippen molar-refractivity contribution >= 4 is 5.91 Å². The Morgan fingerprint density at radius 2 is 2.00 bits per heavy atom. The Labute approximate surface area is 131 Å². The maximum absolute atomic E-state index is 12.7. The van der Waals surface area contributed by atoms with Crippen LogP contribution in [0.4, 0.5) is 0 Å². The van der Waals surface area contributed by atoms with Crippen LogP contribution in [0.15, 0.2) is 18.2 Å². The van der Waals surface area contributed by atoms with Gasteiger partial charge in [-0.3, -0.25) is 4.79 Å². The Balaban J connectivity index is 1.67. The maximum Gasteiger partial charge on any atom is 0.253 e. The van der Waals surface area contributed by atoms with Gasteiger partial charge in [-0.05, 0) is 43.1 Å². The van der Waals surface area contributed by atoms with Crippen molar-refractivity contribution in [2.45, 2.75) is 18.9 Å². The molecule has 2 heterocycles. The lowest BCUT2D eigenvalue weighted by Crippen LogP contribution is -2.50. The molecule has 0 radical (unpaired) electrons. The molecule has 0 N–H and O–H groups in total. The first-order valence-electron chi connectivity index (χ1n) is 7.92. The molecule has 1 saturated heterocycles. The molecule has 1 amide bonds. The molecule has 1 aromatic rings. The molecule has 1 aromatic carbocycles. The second kappa shape index (κ2) is 6.67. The van der Waals surface area contributed by atoms with Gasteiger partial charge in [0, 0.05) is 26.2 Å². The van der Waals surface area contributed by atoms with E-state index in [1.807, 2.05) is 18.0 Å². The number of ether oxygens (including phenoxy) is 2. The normalized spacial score (nSPS) is 22.8. The number of hydrogen-bond acceptors (Lipinski definition) is 4. The van der Waals surface area contributed by atoms with Gasteiger partial charge >= 0.3 is 0 Å². The van der Waals surface area contributed by atoms with Crippen LogP contribution in [0.2, 0.25) is 0 Å². The van der Waals surface area contributed by atoms with Crippen LogP contribution in [0.1, 0.15) is 11.1 Å². The lowest BCUT2D eigenvalue weighted by molar-refractivity contribution is -0.148. The van der Waals surface area contributed by atoms with Crippen molar-refractivity contribution in [1.29, 1.82) is 0 Å².